The first-order valence-electron chi connectivity index (χ1n) is 11.6. The minimum Gasteiger partial charge on any atom is -0.379 e. The van der Waals surface area contributed by atoms with Crippen molar-refractivity contribution in [3.8, 4) is 0 Å². The zero-order valence-electron chi connectivity index (χ0n) is 18.5. The molecule has 0 radical (unpaired) electrons. The lowest BCUT2D eigenvalue weighted by atomic mass is 9.79. The van der Waals surface area contributed by atoms with Crippen molar-refractivity contribution in [1.29, 1.82) is 0 Å². The van der Waals surface area contributed by atoms with Gasteiger partial charge >= 0.3 is 0 Å². The summed E-state index contributed by atoms with van der Waals surface area (Å²) < 4.78 is 5.52. The number of nitrogens with one attached hydrogen (secondary N) is 1. The van der Waals surface area contributed by atoms with Gasteiger partial charge in [-0.2, -0.15) is 0 Å². The van der Waals surface area contributed by atoms with Crippen LogP contribution in [0.4, 0.5) is 0 Å². The molecule has 0 aromatic heterocycles. The van der Waals surface area contributed by atoms with Crippen molar-refractivity contribution in [2.24, 2.45) is 0 Å². The van der Waals surface area contributed by atoms with Crippen molar-refractivity contribution in [2.75, 3.05) is 39.4 Å². The molecule has 1 N–H and O–H groups in total. The zero-order chi connectivity index (χ0) is 21.8. The normalized spacial score (nSPS) is 21.3. The Labute approximate surface area is 184 Å². The average molecular weight is 428 g/mol. The number of imide groups is 1. The lowest BCUT2D eigenvalue weighted by Crippen LogP contribution is -2.59. The Kier molecular flexibility index (Phi) is 6.72. The van der Waals surface area contributed by atoms with E-state index < -0.39 is 0 Å². The maximum atomic E-state index is 12.6. The van der Waals surface area contributed by atoms with E-state index in [0.29, 0.717) is 30.5 Å². The highest BCUT2D eigenvalue weighted by Gasteiger charge is 2.39. The summed E-state index contributed by atoms with van der Waals surface area (Å²) in [5, 5.41) is 3.15. The molecule has 0 atom stereocenters. The molecule has 2 fully saturated rings. The van der Waals surface area contributed by atoms with E-state index in [-0.39, 0.29) is 29.8 Å². The Hall–Kier alpha value is -2.25. The molecule has 1 aromatic carbocycles. The van der Waals surface area contributed by atoms with Gasteiger partial charge in [0.1, 0.15) is 0 Å². The highest BCUT2D eigenvalue weighted by molar-refractivity contribution is 6.21. The SMILES string of the molecule is Cc1ccc2c(c1)C(=O)N(CCCC(=O)NCC1(N3CCOCC3)CCCCC1)C2=O. The maximum absolute atomic E-state index is 12.6. The number of morpholine rings is 1. The number of nitrogens with zero attached hydrogens (tertiary/aromatic N) is 2. The van der Waals surface area contributed by atoms with Gasteiger partial charge in [-0.3, -0.25) is 24.2 Å². The van der Waals surface area contributed by atoms with Crippen molar-refractivity contribution < 1.29 is 19.1 Å². The third-order valence-electron chi connectivity index (χ3n) is 6.99. The molecule has 1 aliphatic carbocycles. The first-order valence-corrected chi connectivity index (χ1v) is 11.6. The Morgan fingerprint density at radius 3 is 2.52 bits per heavy atom. The van der Waals surface area contributed by atoms with Crippen LogP contribution in [0.3, 0.4) is 0 Å². The van der Waals surface area contributed by atoms with Crippen LogP contribution in [-0.4, -0.2) is 72.5 Å². The summed E-state index contributed by atoms with van der Waals surface area (Å²) in [6, 6.07) is 5.32. The van der Waals surface area contributed by atoms with Gasteiger partial charge < -0.3 is 10.1 Å². The highest BCUT2D eigenvalue weighted by atomic mass is 16.5. The summed E-state index contributed by atoms with van der Waals surface area (Å²) in [5.41, 5.74) is 1.93. The Morgan fingerprint density at radius 1 is 1.06 bits per heavy atom. The molecule has 0 bridgehead atoms. The monoisotopic (exact) mass is 427 g/mol. The van der Waals surface area contributed by atoms with E-state index in [1.807, 2.05) is 13.0 Å². The topological polar surface area (TPSA) is 79.0 Å². The quantitative estimate of drug-likeness (QED) is 0.677. The predicted octanol–water partition coefficient (Wildman–Crippen LogP) is 2.52. The fraction of sp³-hybridized carbons (Fsp3) is 0.625. The molecule has 0 unspecified atom stereocenters. The minimum atomic E-state index is -0.256. The van der Waals surface area contributed by atoms with E-state index in [1.54, 1.807) is 12.1 Å². The maximum Gasteiger partial charge on any atom is 0.261 e. The second-order valence-electron chi connectivity index (χ2n) is 9.08. The lowest BCUT2D eigenvalue weighted by molar-refractivity contribution is -0.122. The molecule has 1 saturated carbocycles. The predicted molar refractivity (Wildman–Crippen MR) is 117 cm³/mol. The van der Waals surface area contributed by atoms with Crippen LogP contribution in [-0.2, 0) is 9.53 Å². The van der Waals surface area contributed by atoms with E-state index in [1.165, 1.54) is 24.2 Å². The van der Waals surface area contributed by atoms with E-state index in [4.69, 9.17) is 4.74 Å². The van der Waals surface area contributed by atoms with E-state index in [0.717, 1.165) is 44.7 Å². The molecule has 4 rings (SSSR count). The number of ether oxygens (including phenoxy) is 1. The van der Waals surface area contributed by atoms with E-state index in [2.05, 4.69) is 10.2 Å². The first kappa shape index (κ1) is 22.0. The van der Waals surface area contributed by atoms with Gasteiger partial charge in [-0.1, -0.05) is 30.9 Å². The number of hydrogen-bond acceptors (Lipinski definition) is 5. The molecule has 3 aliphatic rings. The van der Waals surface area contributed by atoms with Crippen LogP contribution in [0.1, 0.15) is 71.2 Å². The summed E-state index contributed by atoms with van der Waals surface area (Å²) >= 11 is 0. The summed E-state index contributed by atoms with van der Waals surface area (Å²) in [6.07, 6.45) is 6.68. The summed E-state index contributed by atoms with van der Waals surface area (Å²) in [5.74, 6) is -0.517. The molecule has 1 saturated heterocycles. The molecule has 31 heavy (non-hydrogen) atoms. The van der Waals surface area contributed by atoms with E-state index >= 15 is 0 Å². The van der Waals surface area contributed by atoms with Gasteiger partial charge in [0.25, 0.3) is 11.8 Å². The van der Waals surface area contributed by atoms with Crippen molar-refractivity contribution in [3.05, 3.63) is 34.9 Å². The fourth-order valence-corrected chi connectivity index (χ4v) is 5.21. The van der Waals surface area contributed by atoms with Gasteiger partial charge in [0.05, 0.1) is 24.3 Å². The van der Waals surface area contributed by atoms with Crippen LogP contribution in [0.2, 0.25) is 0 Å². The molecule has 1 aromatic rings. The summed E-state index contributed by atoms with van der Waals surface area (Å²) in [4.78, 5) is 41.5. The second kappa shape index (κ2) is 9.49. The van der Waals surface area contributed by atoms with Crippen LogP contribution in [0.5, 0.6) is 0 Å². The Morgan fingerprint density at radius 2 is 1.77 bits per heavy atom. The van der Waals surface area contributed by atoms with E-state index in [9.17, 15) is 14.4 Å². The average Bonchev–Trinajstić information content (AvgIpc) is 3.03. The molecular formula is C24H33N3O4. The van der Waals surface area contributed by atoms with Crippen molar-refractivity contribution in [3.63, 3.8) is 0 Å². The minimum absolute atomic E-state index is 0.00865. The van der Waals surface area contributed by atoms with Crippen LogP contribution in [0.15, 0.2) is 18.2 Å². The van der Waals surface area contributed by atoms with Crippen LogP contribution in [0, 0.1) is 6.92 Å². The molecule has 2 aliphatic heterocycles. The Bertz CT molecular complexity index is 841. The van der Waals surface area contributed by atoms with Crippen LogP contribution < -0.4 is 5.32 Å². The zero-order valence-corrected chi connectivity index (χ0v) is 18.5. The van der Waals surface area contributed by atoms with Gasteiger partial charge in [0.2, 0.25) is 5.91 Å². The molecule has 0 spiro atoms. The van der Waals surface area contributed by atoms with Crippen LogP contribution in [0.25, 0.3) is 0 Å². The van der Waals surface area contributed by atoms with Gasteiger partial charge in [-0.05, 0) is 38.3 Å². The molecule has 3 amide bonds. The lowest BCUT2D eigenvalue weighted by Gasteiger charge is -2.48. The van der Waals surface area contributed by atoms with Gasteiger partial charge in [0, 0.05) is 38.1 Å². The summed E-state index contributed by atoms with van der Waals surface area (Å²) in [7, 11) is 0. The largest absolute Gasteiger partial charge is 0.379 e. The van der Waals surface area contributed by atoms with Gasteiger partial charge in [-0.15, -0.1) is 0 Å². The molecule has 168 valence electrons. The number of carbonyl (C=O) groups is 3. The number of fused-ring (bicyclic) bond motifs is 1. The van der Waals surface area contributed by atoms with Crippen molar-refractivity contribution in [1.82, 2.24) is 15.1 Å². The number of benzene rings is 1. The molecule has 7 nitrogen and oxygen atoms in total. The number of amides is 3. The molecule has 2 heterocycles. The molecular weight excluding hydrogens is 394 g/mol. The number of carbonyl (C=O) groups excluding carboxylic acids is 3. The number of rotatable bonds is 7. The molecule has 7 heteroatoms. The van der Waals surface area contributed by atoms with Gasteiger partial charge in [-0.25, -0.2) is 0 Å². The smallest absolute Gasteiger partial charge is 0.261 e. The van der Waals surface area contributed by atoms with Gasteiger partial charge in [0.15, 0.2) is 0 Å². The first-order chi connectivity index (χ1) is 15.0. The van der Waals surface area contributed by atoms with Crippen LogP contribution >= 0.6 is 0 Å². The third kappa shape index (κ3) is 4.67. The number of hydrogen-bond donors (Lipinski definition) is 1. The Balaban J connectivity index is 1.27. The number of aryl methyl sites for hydroxylation is 1. The van der Waals surface area contributed by atoms with Crippen molar-refractivity contribution in [2.45, 2.75) is 57.4 Å². The summed E-state index contributed by atoms with van der Waals surface area (Å²) in [6.45, 7) is 6.21. The fourth-order valence-electron chi connectivity index (χ4n) is 5.21. The highest BCUT2D eigenvalue weighted by Crippen LogP contribution is 2.34. The third-order valence-corrected chi connectivity index (χ3v) is 6.99. The standard InChI is InChI=1S/C24H33N3O4/c1-18-7-8-19-20(16-18)23(30)27(22(19)29)11-5-6-21(28)25-17-24(9-3-2-4-10-24)26-12-14-31-15-13-26/h7-8,16H,2-6,9-15,17H2,1H3,(H,25,28). The van der Waals surface area contributed by atoms with Crippen molar-refractivity contribution >= 4 is 17.7 Å². The second-order valence-corrected chi connectivity index (χ2v) is 9.08.